The molecule has 2 heterocycles. The topological polar surface area (TPSA) is 94.3 Å². The minimum Gasteiger partial charge on any atom is -0.364 e. The van der Waals surface area contributed by atoms with Crippen LogP contribution >= 0.6 is 0 Å². The van der Waals surface area contributed by atoms with Crippen molar-refractivity contribution < 1.29 is 36.3 Å². The fourth-order valence-corrected chi connectivity index (χ4v) is 3.91. The Balaban J connectivity index is 2.05. The zero-order valence-corrected chi connectivity index (χ0v) is 17.3. The van der Waals surface area contributed by atoms with Crippen LogP contribution in [0.4, 0.5) is 27.6 Å². The second-order valence-corrected chi connectivity index (χ2v) is 7.82. The predicted molar refractivity (Wildman–Crippen MR) is 104 cm³/mol. The summed E-state index contributed by atoms with van der Waals surface area (Å²) in [4.78, 5) is 28.0. The molecule has 1 fully saturated rings. The highest BCUT2D eigenvalue weighted by Crippen LogP contribution is 2.54. The fraction of sp³-hybridized carbons (Fsp3) is 0.381. The molecule has 0 bridgehead atoms. The van der Waals surface area contributed by atoms with Crippen molar-refractivity contribution in [2.75, 3.05) is 5.32 Å². The first-order valence-corrected chi connectivity index (χ1v) is 9.53. The van der Waals surface area contributed by atoms with E-state index in [9.17, 15) is 31.5 Å². The first-order valence-electron chi connectivity index (χ1n) is 9.53. The molecule has 0 unspecified atom stereocenters. The largest absolute Gasteiger partial charge is 0.417 e. The van der Waals surface area contributed by atoms with Gasteiger partial charge in [-0.15, -0.1) is 0 Å². The van der Waals surface area contributed by atoms with Crippen LogP contribution in [-0.2, 0) is 9.53 Å². The van der Waals surface area contributed by atoms with Crippen LogP contribution in [0.5, 0.6) is 0 Å². The molecule has 11 heteroatoms. The van der Waals surface area contributed by atoms with Crippen molar-refractivity contribution in [1.29, 1.82) is 0 Å². The molecule has 3 N–H and O–H groups in total. The van der Waals surface area contributed by atoms with Gasteiger partial charge < -0.3 is 15.8 Å². The van der Waals surface area contributed by atoms with Gasteiger partial charge in [-0.25, -0.2) is 8.78 Å². The second-order valence-electron chi connectivity index (χ2n) is 7.82. The van der Waals surface area contributed by atoms with Crippen molar-refractivity contribution in [1.82, 2.24) is 4.98 Å². The second kappa shape index (κ2) is 8.12. The van der Waals surface area contributed by atoms with Gasteiger partial charge in [0, 0.05) is 23.7 Å². The third kappa shape index (κ3) is 3.92. The average Bonchev–Trinajstić information content (AvgIpc) is 2.99. The van der Waals surface area contributed by atoms with Gasteiger partial charge in [0.25, 0.3) is 11.8 Å². The van der Waals surface area contributed by atoms with Gasteiger partial charge in [-0.3, -0.25) is 14.6 Å². The summed E-state index contributed by atoms with van der Waals surface area (Å²) in [6, 6.07) is 4.41. The summed E-state index contributed by atoms with van der Waals surface area (Å²) in [5, 5.41) is 2.39. The number of hydrogen-bond donors (Lipinski definition) is 2. The molecule has 1 saturated heterocycles. The van der Waals surface area contributed by atoms with E-state index in [0.29, 0.717) is 0 Å². The molecular weight excluding hydrogens is 437 g/mol. The first-order chi connectivity index (χ1) is 14.8. The van der Waals surface area contributed by atoms with Gasteiger partial charge in [0.15, 0.2) is 17.2 Å². The molecule has 4 atom stereocenters. The van der Waals surface area contributed by atoms with Crippen LogP contribution in [-0.4, -0.2) is 34.7 Å². The van der Waals surface area contributed by atoms with Crippen LogP contribution in [0.2, 0.25) is 0 Å². The summed E-state index contributed by atoms with van der Waals surface area (Å²) < 4.78 is 74.7. The van der Waals surface area contributed by atoms with Gasteiger partial charge in [0.2, 0.25) is 0 Å². The summed E-state index contributed by atoms with van der Waals surface area (Å²) in [5.41, 5.74) is 2.11. The van der Waals surface area contributed by atoms with Crippen LogP contribution in [0.3, 0.4) is 0 Å². The van der Waals surface area contributed by atoms with Crippen LogP contribution in [0.25, 0.3) is 0 Å². The normalized spacial score (nSPS) is 25.6. The average molecular weight is 457 g/mol. The fourth-order valence-electron chi connectivity index (χ4n) is 3.91. The van der Waals surface area contributed by atoms with E-state index in [1.165, 1.54) is 26.1 Å². The molecule has 0 spiro atoms. The van der Waals surface area contributed by atoms with Gasteiger partial charge in [-0.2, -0.15) is 13.2 Å². The Morgan fingerprint density at radius 3 is 2.47 bits per heavy atom. The van der Waals surface area contributed by atoms with E-state index >= 15 is 0 Å². The van der Waals surface area contributed by atoms with Gasteiger partial charge in [0.1, 0.15) is 11.8 Å². The highest BCUT2D eigenvalue weighted by Gasteiger charge is 2.65. The number of aromatic nitrogens is 1. The molecule has 1 aliphatic rings. The monoisotopic (exact) mass is 457 g/mol. The number of hydrogen-bond acceptors (Lipinski definition) is 4. The Labute approximate surface area is 180 Å². The number of nitrogens with one attached hydrogen (secondary N) is 1. The standard InChI is InChI=1S/C21H20F5N3O3/c1-9-12(4-5-13(22)16(9)23)15-10(2)20(3,21(24,25)26)32-17(15)19(31)29-11-6-7-28-14(8-11)18(27)30/h4-8,10,15,17H,1-3H3,(H2,27,30)(H,28,29,31)/t10-,15+,17+,20-/m0/s1. The van der Waals surface area contributed by atoms with E-state index in [-0.39, 0.29) is 22.5 Å². The predicted octanol–water partition coefficient (Wildman–Crippen LogP) is 3.85. The van der Waals surface area contributed by atoms with Gasteiger partial charge in [-0.1, -0.05) is 13.0 Å². The molecule has 6 nitrogen and oxygen atoms in total. The molecule has 0 aliphatic carbocycles. The molecule has 1 aliphatic heterocycles. The SMILES string of the molecule is Cc1c([C@@H]2[C@H](C(=O)Nc3ccnc(C(N)=O)c3)O[C@](C)(C(F)(F)F)[C@H]2C)ccc(F)c1F. The summed E-state index contributed by atoms with van der Waals surface area (Å²) in [6.07, 6.45) is -5.35. The van der Waals surface area contributed by atoms with E-state index in [0.717, 1.165) is 25.1 Å². The smallest absolute Gasteiger partial charge is 0.364 e. The molecule has 1 aromatic heterocycles. The summed E-state index contributed by atoms with van der Waals surface area (Å²) in [5.74, 6) is -6.76. The van der Waals surface area contributed by atoms with Crippen molar-refractivity contribution in [3.8, 4) is 0 Å². The van der Waals surface area contributed by atoms with E-state index in [4.69, 9.17) is 10.5 Å². The Hall–Kier alpha value is -3.08. The molecule has 3 rings (SSSR count). The molecule has 1 aromatic carbocycles. The number of nitrogens with two attached hydrogens (primary N) is 1. The molecular formula is C21H20F5N3O3. The minimum absolute atomic E-state index is 0.0251. The third-order valence-electron chi connectivity index (χ3n) is 5.95. The summed E-state index contributed by atoms with van der Waals surface area (Å²) in [6.45, 7) is 3.27. The maximum Gasteiger partial charge on any atom is 0.417 e. The molecule has 32 heavy (non-hydrogen) atoms. The van der Waals surface area contributed by atoms with Crippen molar-refractivity contribution in [2.45, 2.75) is 44.6 Å². The van der Waals surface area contributed by atoms with Gasteiger partial charge in [-0.05, 0) is 43.2 Å². The van der Waals surface area contributed by atoms with E-state index < -0.39 is 53.2 Å². The molecule has 0 radical (unpaired) electrons. The lowest BCUT2D eigenvalue weighted by Crippen LogP contribution is -2.47. The highest BCUT2D eigenvalue weighted by atomic mass is 19.4. The number of anilines is 1. The zero-order chi connectivity index (χ0) is 24.0. The Morgan fingerprint density at radius 1 is 1.22 bits per heavy atom. The number of pyridine rings is 1. The lowest BCUT2D eigenvalue weighted by Gasteiger charge is -2.32. The summed E-state index contributed by atoms with van der Waals surface area (Å²) >= 11 is 0. The van der Waals surface area contributed by atoms with E-state index in [1.807, 2.05) is 0 Å². The van der Waals surface area contributed by atoms with Crippen LogP contribution in [0.1, 0.15) is 41.4 Å². The number of carbonyl (C=O) groups excluding carboxylic acids is 2. The molecule has 0 saturated carbocycles. The number of benzene rings is 1. The van der Waals surface area contributed by atoms with Crippen molar-refractivity contribution in [3.63, 3.8) is 0 Å². The maximum atomic E-state index is 14.2. The Bertz CT molecular complexity index is 1080. The van der Waals surface area contributed by atoms with Gasteiger partial charge >= 0.3 is 6.18 Å². The van der Waals surface area contributed by atoms with Gasteiger partial charge in [0.05, 0.1) is 0 Å². The van der Waals surface area contributed by atoms with E-state index in [2.05, 4.69) is 10.3 Å². The number of ether oxygens (including phenoxy) is 1. The molecule has 2 aromatic rings. The number of carbonyl (C=O) groups is 2. The maximum absolute atomic E-state index is 14.2. The number of nitrogens with zero attached hydrogens (tertiary/aromatic N) is 1. The van der Waals surface area contributed by atoms with Crippen LogP contribution < -0.4 is 11.1 Å². The number of rotatable bonds is 4. The lowest BCUT2D eigenvalue weighted by molar-refractivity contribution is -0.272. The third-order valence-corrected chi connectivity index (χ3v) is 5.95. The number of primary amides is 1. The lowest BCUT2D eigenvalue weighted by atomic mass is 9.76. The van der Waals surface area contributed by atoms with Crippen LogP contribution in [0.15, 0.2) is 30.5 Å². The van der Waals surface area contributed by atoms with Crippen molar-refractivity contribution in [3.05, 3.63) is 58.9 Å². The zero-order valence-electron chi connectivity index (χ0n) is 17.3. The van der Waals surface area contributed by atoms with E-state index in [1.54, 1.807) is 0 Å². The number of halogens is 5. The minimum atomic E-state index is -4.85. The van der Waals surface area contributed by atoms with Crippen LogP contribution in [0, 0.1) is 24.5 Å². The number of alkyl halides is 3. The van der Waals surface area contributed by atoms with Crippen molar-refractivity contribution in [2.24, 2.45) is 11.7 Å². The quantitative estimate of drug-likeness (QED) is 0.682. The Morgan fingerprint density at radius 2 is 1.88 bits per heavy atom. The van der Waals surface area contributed by atoms with Crippen molar-refractivity contribution >= 4 is 17.5 Å². The first kappa shape index (κ1) is 23.6. The molecule has 2 amide bonds. The molecule has 172 valence electrons. The highest BCUT2D eigenvalue weighted by molar-refractivity contribution is 5.97. The summed E-state index contributed by atoms with van der Waals surface area (Å²) in [7, 11) is 0. The number of amides is 2. The Kier molecular flexibility index (Phi) is 5.98.